The maximum Gasteiger partial charge on any atom is 0.134 e. The molecule has 0 aliphatic rings. The molecular weight excluding hydrogens is 242 g/mol. The summed E-state index contributed by atoms with van der Waals surface area (Å²) in [6, 6.07) is 8.82. The van der Waals surface area contributed by atoms with Crippen LogP contribution in [0.4, 0.5) is 0 Å². The van der Waals surface area contributed by atoms with E-state index in [9.17, 15) is 0 Å². The summed E-state index contributed by atoms with van der Waals surface area (Å²) in [5, 5.41) is 4.70. The normalized spacial score (nSPS) is 13.1. The van der Waals surface area contributed by atoms with Gasteiger partial charge in [-0.15, -0.1) is 0 Å². The molecule has 98 valence electrons. The molecule has 3 heteroatoms. The molecule has 0 spiro atoms. The van der Waals surface area contributed by atoms with E-state index in [-0.39, 0.29) is 0 Å². The standard InChI is InChI=1S/C15H21NOS/c1-4-16-13(10-18-5-2)15-9-12-8-11(3)6-7-14(12)17-15/h6-9,13,16H,4-5,10H2,1-3H3. The van der Waals surface area contributed by atoms with Gasteiger partial charge in [-0.1, -0.05) is 25.5 Å². The molecule has 2 nitrogen and oxygen atoms in total. The van der Waals surface area contributed by atoms with Crippen molar-refractivity contribution in [2.75, 3.05) is 18.1 Å². The molecule has 0 saturated carbocycles. The Hall–Kier alpha value is -0.930. The molecule has 0 saturated heterocycles. The Morgan fingerprint density at radius 3 is 2.83 bits per heavy atom. The van der Waals surface area contributed by atoms with E-state index in [0.29, 0.717) is 6.04 Å². The number of hydrogen-bond acceptors (Lipinski definition) is 3. The van der Waals surface area contributed by atoms with Gasteiger partial charge in [-0.3, -0.25) is 0 Å². The molecule has 0 fully saturated rings. The molecule has 0 aliphatic carbocycles. The fourth-order valence-corrected chi connectivity index (χ4v) is 2.83. The Kier molecular flexibility index (Phi) is 4.72. The quantitative estimate of drug-likeness (QED) is 0.847. The van der Waals surface area contributed by atoms with Gasteiger partial charge >= 0.3 is 0 Å². The van der Waals surface area contributed by atoms with Crippen molar-refractivity contribution >= 4 is 22.7 Å². The van der Waals surface area contributed by atoms with E-state index in [2.05, 4.69) is 50.4 Å². The number of hydrogen-bond donors (Lipinski definition) is 1. The SMILES string of the molecule is CCNC(CSCC)c1cc2cc(C)ccc2o1. The Morgan fingerprint density at radius 1 is 1.28 bits per heavy atom. The highest BCUT2D eigenvalue weighted by molar-refractivity contribution is 7.99. The van der Waals surface area contributed by atoms with E-state index >= 15 is 0 Å². The van der Waals surface area contributed by atoms with Gasteiger partial charge in [0.05, 0.1) is 6.04 Å². The highest BCUT2D eigenvalue weighted by atomic mass is 32.2. The molecule has 0 radical (unpaired) electrons. The van der Waals surface area contributed by atoms with Crippen LogP contribution >= 0.6 is 11.8 Å². The van der Waals surface area contributed by atoms with Gasteiger partial charge in [-0.2, -0.15) is 11.8 Å². The summed E-state index contributed by atoms with van der Waals surface area (Å²) in [6.07, 6.45) is 0. The van der Waals surface area contributed by atoms with Gasteiger partial charge in [0.15, 0.2) is 0 Å². The van der Waals surface area contributed by atoms with E-state index in [1.165, 1.54) is 10.9 Å². The number of furan rings is 1. The molecule has 1 heterocycles. The van der Waals surface area contributed by atoms with Crippen LogP contribution in [0.15, 0.2) is 28.7 Å². The second kappa shape index (κ2) is 6.30. The third kappa shape index (κ3) is 3.09. The number of benzene rings is 1. The molecule has 1 aromatic heterocycles. The minimum atomic E-state index is 0.313. The predicted molar refractivity (Wildman–Crippen MR) is 80.4 cm³/mol. The predicted octanol–water partition coefficient (Wildman–Crippen LogP) is 4.14. The van der Waals surface area contributed by atoms with Crippen LogP contribution in [0.1, 0.15) is 31.2 Å². The maximum atomic E-state index is 5.96. The fraction of sp³-hybridized carbons (Fsp3) is 0.467. The summed E-state index contributed by atoms with van der Waals surface area (Å²) in [4.78, 5) is 0. The minimum Gasteiger partial charge on any atom is -0.459 e. The Bertz CT molecular complexity index is 506. The number of nitrogens with one attached hydrogen (secondary N) is 1. The zero-order valence-electron chi connectivity index (χ0n) is 11.3. The van der Waals surface area contributed by atoms with Crippen molar-refractivity contribution in [3.63, 3.8) is 0 Å². The second-order valence-electron chi connectivity index (χ2n) is 4.46. The van der Waals surface area contributed by atoms with E-state index in [1.807, 2.05) is 11.8 Å². The average molecular weight is 263 g/mol. The van der Waals surface area contributed by atoms with E-state index < -0.39 is 0 Å². The first-order valence-corrected chi connectivity index (χ1v) is 7.71. The molecular formula is C15H21NOS. The largest absolute Gasteiger partial charge is 0.459 e. The molecule has 18 heavy (non-hydrogen) atoms. The van der Waals surface area contributed by atoms with Crippen LogP contribution in [0.2, 0.25) is 0 Å². The number of rotatable bonds is 6. The molecule has 0 bridgehead atoms. The lowest BCUT2D eigenvalue weighted by atomic mass is 10.1. The lowest BCUT2D eigenvalue weighted by Gasteiger charge is -2.14. The number of thioether (sulfide) groups is 1. The van der Waals surface area contributed by atoms with E-state index in [1.54, 1.807) is 0 Å². The minimum absolute atomic E-state index is 0.313. The smallest absolute Gasteiger partial charge is 0.134 e. The van der Waals surface area contributed by atoms with Gasteiger partial charge in [-0.25, -0.2) is 0 Å². The first-order chi connectivity index (χ1) is 8.74. The first-order valence-electron chi connectivity index (χ1n) is 6.55. The van der Waals surface area contributed by atoms with Crippen molar-refractivity contribution in [1.82, 2.24) is 5.32 Å². The highest BCUT2D eigenvalue weighted by Crippen LogP contribution is 2.26. The van der Waals surface area contributed by atoms with Crippen molar-refractivity contribution in [1.29, 1.82) is 0 Å². The Balaban J connectivity index is 2.26. The topological polar surface area (TPSA) is 25.2 Å². The third-order valence-corrected chi connectivity index (χ3v) is 3.95. The van der Waals surface area contributed by atoms with Crippen molar-refractivity contribution in [2.45, 2.75) is 26.8 Å². The summed E-state index contributed by atoms with van der Waals surface area (Å²) in [6.45, 7) is 7.40. The number of fused-ring (bicyclic) bond motifs is 1. The van der Waals surface area contributed by atoms with Gasteiger partial charge < -0.3 is 9.73 Å². The maximum absolute atomic E-state index is 5.96. The zero-order chi connectivity index (χ0) is 13.0. The van der Waals surface area contributed by atoms with Gasteiger partial charge in [0.1, 0.15) is 11.3 Å². The summed E-state index contributed by atoms with van der Waals surface area (Å²) >= 11 is 1.94. The van der Waals surface area contributed by atoms with Crippen molar-refractivity contribution in [3.8, 4) is 0 Å². The van der Waals surface area contributed by atoms with Crippen LogP contribution in [0, 0.1) is 6.92 Å². The third-order valence-electron chi connectivity index (χ3n) is 2.97. The van der Waals surface area contributed by atoms with Crippen LogP contribution in [-0.2, 0) is 0 Å². The van der Waals surface area contributed by atoms with E-state index in [0.717, 1.165) is 29.4 Å². The zero-order valence-corrected chi connectivity index (χ0v) is 12.1. The number of aryl methyl sites for hydroxylation is 1. The molecule has 1 N–H and O–H groups in total. The van der Waals surface area contributed by atoms with Crippen molar-refractivity contribution < 1.29 is 4.42 Å². The van der Waals surface area contributed by atoms with E-state index in [4.69, 9.17) is 4.42 Å². The lowest BCUT2D eigenvalue weighted by molar-refractivity contribution is 0.464. The monoisotopic (exact) mass is 263 g/mol. The molecule has 1 unspecified atom stereocenters. The molecule has 2 aromatic rings. The van der Waals surface area contributed by atoms with Gasteiger partial charge in [0, 0.05) is 11.1 Å². The van der Waals surface area contributed by atoms with Gasteiger partial charge in [-0.05, 0) is 37.4 Å². The summed E-state index contributed by atoms with van der Waals surface area (Å²) < 4.78 is 5.96. The molecule has 1 atom stereocenters. The Labute approximate surface area is 113 Å². The van der Waals surface area contributed by atoms with Crippen LogP contribution in [0.25, 0.3) is 11.0 Å². The Morgan fingerprint density at radius 2 is 2.11 bits per heavy atom. The second-order valence-corrected chi connectivity index (χ2v) is 5.78. The average Bonchev–Trinajstić information content (AvgIpc) is 2.77. The summed E-state index contributed by atoms with van der Waals surface area (Å²) in [5.74, 6) is 3.25. The van der Waals surface area contributed by atoms with Crippen LogP contribution in [0.5, 0.6) is 0 Å². The highest BCUT2D eigenvalue weighted by Gasteiger charge is 2.15. The van der Waals surface area contributed by atoms with Crippen molar-refractivity contribution in [3.05, 3.63) is 35.6 Å². The summed E-state index contributed by atoms with van der Waals surface area (Å²) in [7, 11) is 0. The van der Waals surface area contributed by atoms with Gasteiger partial charge in [0.2, 0.25) is 0 Å². The van der Waals surface area contributed by atoms with Crippen molar-refractivity contribution in [2.24, 2.45) is 0 Å². The van der Waals surface area contributed by atoms with Crippen LogP contribution in [-0.4, -0.2) is 18.1 Å². The van der Waals surface area contributed by atoms with Crippen LogP contribution < -0.4 is 5.32 Å². The lowest BCUT2D eigenvalue weighted by Crippen LogP contribution is -2.22. The first kappa shape index (κ1) is 13.5. The summed E-state index contributed by atoms with van der Waals surface area (Å²) in [5.41, 5.74) is 2.26. The molecule has 0 aliphatic heterocycles. The molecule has 1 aromatic carbocycles. The van der Waals surface area contributed by atoms with Gasteiger partial charge in [0.25, 0.3) is 0 Å². The molecule has 0 amide bonds. The van der Waals surface area contributed by atoms with Crippen LogP contribution in [0.3, 0.4) is 0 Å². The fourth-order valence-electron chi connectivity index (χ4n) is 2.08. The molecule has 2 rings (SSSR count).